The number of hydrogen-bond donors (Lipinski definition) is 0. The quantitative estimate of drug-likeness (QED) is 0.748. The largest absolute Gasteiger partial charge is 0.490 e. The van der Waals surface area contributed by atoms with Gasteiger partial charge >= 0.3 is 6.09 Å². The first kappa shape index (κ1) is 17.0. The van der Waals surface area contributed by atoms with E-state index in [9.17, 15) is 13.6 Å². The van der Waals surface area contributed by atoms with E-state index in [0.29, 0.717) is 13.1 Å². The number of nitrogens with zero attached hydrogens (tertiary/aromatic N) is 1. The number of ether oxygens (including phenoxy) is 2. The predicted molar refractivity (Wildman–Crippen MR) is 80.9 cm³/mol. The first-order valence-electron chi connectivity index (χ1n) is 6.91. The number of amides is 1. The van der Waals surface area contributed by atoms with E-state index in [0.717, 1.165) is 12.1 Å². The summed E-state index contributed by atoms with van der Waals surface area (Å²) in [5, 5.41) is 0. The number of rotatable bonds is 3. The Morgan fingerprint density at radius 1 is 1.32 bits per heavy atom. The van der Waals surface area contributed by atoms with Gasteiger partial charge < -0.3 is 14.4 Å². The fourth-order valence-electron chi connectivity index (χ4n) is 1.97. The minimum Gasteiger partial charge on any atom is -0.490 e. The van der Waals surface area contributed by atoms with Crippen LogP contribution in [0.15, 0.2) is 16.6 Å². The lowest BCUT2D eigenvalue weighted by atomic mass is 10.0. The zero-order valence-electron chi connectivity index (χ0n) is 12.7. The first-order chi connectivity index (χ1) is 10.2. The fraction of sp³-hybridized carbons (Fsp3) is 0.533. The molecule has 1 amide bonds. The van der Waals surface area contributed by atoms with Crippen molar-refractivity contribution in [2.75, 3.05) is 19.7 Å². The van der Waals surface area contributed by atoms with Crippen LogP contribution in [0.3, 0.4) is 0 Å². The molecule has 1 aromatic carbocycles. The second-order valence-electron chi connectivity index (χ2n) is 6.26. The van der Waals surface area contributed by atoms with Crippen molar-refractivity contribution >= 4 is 22.0 Å². The Balaban J connectivity index is 1.79. The zero-order chi connectivity index (χ0) is 16.5. The molecule has 0 saturated carbocycles. The highest BCUT2D eigenvalue weighted by Gasteiger charge is 2.34. The average molecular weight is 378 g/mol. The minimum atomic E-state index is -0.628. The van der Waals surface area contributed by atoms with Gasteiger partial charge in [0.2, 0.25) is 0 Å². The van der Waals surface area contributed by atoms with Crippen LogP contribution in [0, 0.1) is 17.6 Å². The molecule has 1 aliphatic heterocycles. The van der Waals surface area contributed by atoms with Crippen molar-refractivity contribution in [3.05, 3.63) is 28.2 Å². The minimum absolute atomic E-state index is 0.0529. The van der Waals surface area contributed by atoms with Gasteiger partial charge in [0.25, 0.3) is 0 Å². The molecule has 2 rings (SSSR count). The number of likely N-dealkylation sites (tertiary alicyclic amines) is 1. The standard InChI is InChI=1S/C15H18BrF2NO3/c1-15(2,3)22-14(20)19-6-9(7-19)8-21-13-5-11(17)10(16)4-12(13)18/h4-5,9H,6-8H2,1-3H3. The smallest absolute Gasteiger partial charge is 0.410 e. The second-order valence-corrected chi connectivity index (χ2v) is 7.11. The highest BCUT2D eigenvalue weighted by molar-refractivity contribution is 9.10. The van der Waals surface area contributed by atoms with Crippen LogP contribution in [0.25, 0.3) is 0 Å². The molecule has 0 N–H and O–H groups in total. The molecule has 0 bridgehead atoms. The summed E-state index contributed by atoms with van der Waals surface area (Å²) < 4.78 is 37.5. The van der Waals surface area contributed by atoms with Gasteiger partial charge in [-0.15, -0.1) is 0 Å². The van der Waals surface area contributed by atoms with Gasteiger partial charge in [-0.05, 0) is 42.8 Å². The zero-order valence-corrected chi connectivity index (χ0v) is 14.2. The van der Waals surface area contributed by atoms with E-state index in [2.05, 4.69) is 15.9 Å². The molecule has 0 aromatic heterocycles. The highest BCUT2D eigenvalue weighted by atomic mass is 79.9. The Hall–Kier alpha value is -1.37. The summed E-state index contributed by atoms with van der Waals surface area (Å²) >= 11 is 2.90. The molecule has 0 aliphatic carbocycles. The Kier molecular flexibility index (Phi) is 4.94. The molecule has 0 spiro atoms. The molecule has 4 nitrogen and oxygen atoms in total. The number of carbonyl (C=O) groups excluding carboxylic acids is 1. The van der Waals surface area contributed by atoms with Gasteiger partial charge in [-0.3, -0.25) is 0 Å². The van der Waals surface area contributed by atoms with Crippen LogP contribution in [-0.4, -0.2) is 36.3 Å². The van der Waals surface area contributed by atoms with Crippen molar-refractivity contribution in [1.29, 1.82) is 0 Å². The Morgan fingerprint density at radius 3 is 2.55 bits per heavy atom. The number of halogens is 3. The van der Waals surface area contributed by atoms with E-state index >= 15 is 0 Å². The third-order valence-corrected chi connectivity index (χ3v) is 3.67. The molecule has 1 heterocycles. The van der Waals surface area contributed by atoms with Crippen molar-refractivity contribution in [3.8, 4) is 5.75 Å². The van der Waals surface area contributed by atoms with Gasteiger partial charge in [0.15, 0.2) is 11.6 Å². The van der Waals surface area contributed by atoms with Gasteiger partial charge in [0.1, 0.15) is 11.4 Å². The average Bonchev–Trinajstić information content (AvgIpc) is 2.31. The Bertz CT molecular complexity index is 569. The molecule has 1 saturated heterocycles. The summed E-state index contributed by atoms with van der Waals surface area (Å²) in [5.74, 6) is -1.26. The van der Waals surface area contributed by atoms with Crippen LogP contribution in [-0.2, 0) is 4.74 Å². The lowest BCUT2D eigenvalue weighted by Gasteiger charge is -2.39. The van der Waals surface area contributed by atoms with Crippen molar-refractivity contribution in [2.24, 2.45) is 5.92 Å². The van der Waals surface area contributed by atoms with E-state index in [1.165, 1.54) is 0 Å². The van der Waals surface area contributed by atoms with Crippen LogP contribution >= 0.6 is 15.9 Å². The molecule has 122 valence electrons. The van der Waals surface area contributed by atoms with E-state index in [4.69, 9.17) is 9.47 Å². The summed E-state index contributed by atoms with van der Waals surface area (Å²) in [7, 11) is 0. The van der Waals surface area contributed by atoms with E-state index in [1.807, 2.05) is 0 Å². The maximum Gasteiger partial charge on any atom is 0.410 e. The normalized spacial score (nSPS) is 15.5. The van der Waals surface area contributed by atoms with Crippen molar-refractivity contribution in [3.63, 3.8) is 0 Å². The first-order valence-corrected chi connectivity index (χ1v) is 7.70. The Morgan fingerprint density at radius 2 is 1.95 bits per heavy atom. The number of hydrogen-bond acceptors (Lipinski definition) is 3. The lowest BCUT2D eigenvalue weighted by Crippen LogP contribution is -2.53. The van der Waals surface area contributed by atoms with Gasteiger partial charge in [0, 0.05) is 25.1 Å². The van der Waals surface area contributed by atoms with E-state index < -0.39 is 17.2 Å². The van der Waals surface area contributed by atoms with Gasteiger partial charge in [-0.25, -0.2) is 13.6 Å². The lowest BCUT2D eigenvalue weighted by molar-refractivity contribution is -0.00806. The molecule has 1 aliphatic rings. The van der Waals surface area contributed by atoms with Crippen molar-refractivity contribution in [1.82, 2.24) is 4.90 Å². The van der Waals surface area contributed by atoms with Crippen LogP contribution in [0.2, 0.25) is 0 Å². The maximum absolute atomic E-state index is 13.6. The van der Waals surface area contributed by atoms with Gasteiger partial charge in [-0.1, -0.05) is 0 Å². The molecular formula is C15H18BrF2NO3. The molecular weight excluding hydrogens is 360 g/mol. The summed E-state index contributed by atoms with van der Waals surface area (Å²) in [6, 6.07) is 2.03. The molecule has 22 heavy (non-hydrogen) atoms. The predicted octanol–water partition coefficient (Wildman–Crippen LogP) is 3.97. The van der Waals surface area contributed by atoms with Gasteiger partial charge in [-0.2, -0.15) is 0 Å². The van der Waals surface area contributed by atoms with E-state index in [1.54, 1.807) is 25.7 Å². The van der Waals surface area contributed by atoms with Crippen LogP contribution in [0.5, 0.6) is 5.75 Å². The molecule has 1 fully saturated rings. The fourth-order valence-corrected chi connectivity index (χ4v) is 2.29. The van der Waals surface area contributed by atoms with Crippen LogP contribution in [0.4, 0.5) is 13.6 Å². The molecule has 0 radical (unpaired) electrons. The highest BCUT2D eigenvalue weighted by Crippen LogP contribution is 2.26. The van der Waals surface area contributed by atoms with Crippen LogP contribution < -0.4 is 4.74 Å². The van der Waals surface area contributed by atoms with E-state index in [-0.39, 0.29) is 28.8 Å². The molecule has 0 unspecified atom stereocenters. The third-order valence-electron chi connectivity index (χ3n) is 3.06. The third kappa shape index (κ3) is 4.32. The number of benzene rings is 1. The van der Waals surface area contributed by atoms with Crippen LogP contribution in [0.1, 0.15) is 20.8 Å². The number of carbonyl (C=O) groups is 1. The summed E-state index contributed by atoms with van der Waals surface area (Å²) in [5.41, 5.74) is -0.531. The second kappa shape index (κ2) is 6.40. The summed E-state index contributed by atoms with van der Waals surface area (Å²) in [6.45, 7) is 6.59. The Labute approximate surface area is 136 Å². The summed E-state index contributed by atoms with van der Waals surface area (Å²) in [6.07, 6.45) is -0.371. The SMILES string of the molecule is CC(C)(C)OC(=O)N1CC(COc2cc(F)c(Br)cc2F)C1. The monoisotopic (exact) mass is 377 g/mol. The van der Waals surface area contributed by atoms with Gasteiger partial charge in [0.05, 0.1) is 11.1 Å². The van der Waals surface area contributed by atoms with Crippen molar-refractivity contribution in [2.45, 2.75) is 26.4 Å². The van der Waals surface area contributed by atoms with Crippen molar-refractivity contribution < 1.29 is 23.0 Å². The topological polar surface area (TPSA) is 38.8 Å². The maximum atomic E-state index is 13.6. The molecule has 1 aromatic rings. The summed E-state index contributed by atoms with van der Waals surface area (Å²) in [4.78, 5) is 13.3. The molecule has 7 heteroatoms. The molecule has 0 atom stereocenters.